The number of anilines is 3. The normalized spacial score (nSPS) is 10.2. The summed E-state index contributed by atoms with van der Waals surface area (Å²) in [6, 6.07) is 9.28. The van der Waals surface area contributed by atoms with Gasteiger partial charge >= 0.3 is 0 Å². The van der Waals surface area contributed by atoms with Crippen LogP contribution in [-0.2, 0) is 4.79 Å². The summed E-state index contributed by atoms with van der Waals surface area (Å²) in [7, 11) is 0. The number of benzene rings is 1. The number of thiazole rings is 2. The number of rotatable bonds is 4. The third-order valence-corrected chi connectivity index (χ3v) is 4.93. The van der Waals surface area contributed by atoms with Crippen molar-refractivity contribution in [3.63, 3.8) is 0 Å². The monoisotopic (exact) mass is 355 g/mol. The van der Waals surface area contributed by atoms with Gasteiger partial charge in [0.2, 0.25) is 5.91 Å². The van der Waals surface area contributed by atoms with E-state index in [1.807, 2.05) is 24.4 Å². The molecule has 0 unspecified atom stereocenters. The van der Waals surface area contributed by atoms with Crippen LogP contribution in [0.1, 0.15) is 18.2 Å². The van der Waals surface area contributed by atoms with E-state index >= 15 is 0 Å². The van der Waals surface area contributed by atoms with Crippen LogP contribution in [0, 0.1) is 18.3 Å². The second-order valence-electron chi connectivity index (χ2n) is 4.97. The number of aryl methyl sites for hydroxylation is 1. The number of carbonyl (C=O) groups is 1. The van der Waals surface area contributed by atoms with Crippen molar-refractivity contribution in [2.24, 2.45) is 0 Å². The lowest BCUT2D eigenvalue weighted by Crippen LogP contribution is -2.04. The number of nitriles is 1. The summed E-state index contributed by atoms with van der Waals surface area (Å²) in [4.78, 5) is 21.0. The molecule has 2 aromatic heterocycles. The minimum atomic E-state index is -0.142. The lowest BCUT2D eigenvalue weighted by Gasteiger charge is -2.01. The molecule has 0 bridgehead atoms. The fourth-order valence-corrected chi connectivity index (χ4v) is 3.79. The molecule has 0 aliphatic carbocycles. The Kier molecular flexibility index (Phi) is 4.55. The molecule has 1 amide bonds. The molecule has 24 heavy (non-hydrogen) atoms. The molecule has 3 rings (SSSR count). The van der Waals surface area contributed by atoms with E-state index in [-0.39, 0.29) is 5.91 Å². The van der Waals surface area contributed by atoms with E-state index in [0.717, 1.165) is 27.1 Å². The third-order valence-electron chi connectivity index (χ3n) is 3.08. The summed E-state index contributed by atoms with van der Waals surface area (Å²) < 4.78 is 0. The van der Waals surface area contributed by atoms with Gasteiger partial charge in [-0.2, -0.15) is 5.26 Å². The van der Waals surface area contributed by atoms with Crippen LogP contribution in [0.2, 0.25) is 0 Å². The molecule has 0 atom stereocenters. The van der Waals surface area contributed by atoms with Gasteiger partial charge in [-0.3, -0.25) is 4.79 Å². The van der Waals surface area contributed by atoms with E-state index in [1.165, 1.54) is 29.6 Å². The van der Waals surface area contributed by atoms with Gasteiger partial charge in [0.25, 0.3) is 0 Å². The number of nitrogens with one attached hydrogen (secondary N) is 2. The number of aromatic nitrogens is 2. The van der Waals surface area contributed by atoms with E-state index < -0.39 is 0 Å². The van der Waals surface area contributed by atoms with E-state index in [4.69, 9.17) is 5.26 Å². The van der Waals surface area contributed by atoms with Gasteiger partial charge in [-0.25, -0.2) is 9.97 Å². The molecule has 6 nitrogen and oxygen atoms in total. The summed E-state index contributed by atoms with van der Waals surface area (Å²) in [5.41, 5.74) is 3.14. The molecular formula is C16H13N5OS2. The maximum absolute atomic E-state index is 11.1. The molecule has 2 heterocycles. The van der Waals surface area contributed by atoms with Crippen molar-refractivity contribution in [3.05, 3.63) is 40.9 Å². The number of nitrogens with zero attached hydrogens (tertiary/aromatic N) is 3. The van der Waals surface area contributed by atoms with Gasteiger partial charge in [0.05, 0.1) is 27.9 Å². The summed E-state index contributed by atoms with van der Waals surface area (Å²) in [6.07, 6.45) is 0. The zero-order chi connectivity index (χ0) is 17.1. The van der Waals surface area contributed by atoms with Crippen molar-refractivity contribution in [1.29, 1.82) is 5.26 Å². The second-order valence-corrected chi connectivity index (χ2v) is 6.82. The first-order valence-electron chi connectivity index (χ1n) is 7.03. The highest BCUT2D eigenvalue weighted by molar-refractivity contribution is 7.20. The van der Waals surface area contributed by atoms with Gasteiger partial charge in [0, 0.05) is 18.0 Å². The first-order chi connectivity index (χ1) is 11.5. The Morgan fingerprint density at radius 2 is 1.96 bits per heavy atom. The van der Waals surface area contributed by atoms with E-state index in [9.17, 15) is 4.79 Å². The largest absolute Gasteiger partial charge is 0.332 e. The average molecular weight is 355 g/mol. The van der Waals surface area contributed by atoms with Crippen LogP contribution in [0.15, 0.2) is 29.6 Å². The van der Waals surface area contributed by atoms with Crippen molar-refractivity contribution in [2.75, 3.05) is 10.6 Å². The Morgan fingerprint density at radius 3 is 2.62 bits per heavy atom. The molecule has 2 N–H and O–H groups in total. The molecule has 0 spiro atoms. The van der Waals surface area contributed by atoms with Crippen molar-refractivity contribution < 1.29 is 4.79 Å². The maximum atomic E-state index is 11.1. The molecule has 120 valence electrons. The summed E-state index contributed by atoms with van der Waals surface area (Å²) in [5.74, 6) is -0.142. The Labute approximate surface area is 146 Å². The highest BCUT2D eigenvalue weighted by Crippen LogP contribution is 2.35. The summed E-state index contributed by atoms with van der Waals surface area (Å²) >= 11 is 2.89. The van der Waals surface area contributed by atoms with Crippen LogP contribution < -0.4 is 10.6 Å². The molecule has 0 saturated carbocycles. The minimum Gasteiger partial charge on any atom is -0.332 e. The first kappa shape index (κ1) is 16.1. The molecule has 8 heteroatoms. The van der Waals surface area contributed by atoms with Crippen LogP contribution in [0.3, 0.4) is 0 Å². The molecule has 0 saturated heterocycles. The number of amides is 1. The Hall–Kier alpha value is -2.76. The van der Waals surface area contributed by atoms with Gasteiger partial charge in [0.15, 0.2) is 10.3 Å². The number of carbonyl (C=O) groups excluding carboxylic acids is 1. The van der Waals surface area contributed by atoms with Crippen LogP contribution in [0.5, 0.6) is 0 Å². The van der Waals surface area contributed by atoms with Crippen LogP contribution in [-0.4, -0.2) is 15.9 Å². The third kappa shape index (κ3) is 3.59. The number of hydrogen-bond acceptors (Lipinski definition) is 7. The predicted molar refractivity (Wildman–Crippen MR) is 96.7 cm³/mol. The molecule has 0 radical (unpaired) electrons. The van der Waals surface area contributed by atoms with Crippen LogP contribution >= 0.6 is 22.7 Å². The molecule has 0 aliphatic heterocycles. The van der Waals surface area contributed by atoms with Crippen molar-refractivity contribution in [3.8, 4) is 16.6 Å². The fraction of sp³-hybridized carbons (Fsp3) is 0.125. The standard InChI is InChI=1S/C16H13N5OS2/c1-9-14(24-16(18-9)19-10(2)22)13-8-23-15(21-13)20-12-5-3-11(7-17)4-6-12/h3-6,8H,1-2H3,(H,20,21)(H,18,19,22). The van der Waals surface area contributed by atoms with Crippen molar-refractivity contribution in [1.82, 2.24) is 9.97 Å². The number of hydrogen-bond donors (Lipinski definition) is 2. The van der Waals surface area contributed by atoms with Crippen molar-refractivity contribution in [2.45, 2.75) is 13.8 Å². The fourth-order valence-electron chi connectivity index (χ4n) is 2.03. The molecular weight excluding hydrogens is 342 g/mol. The van der Waals surface area contributed by atoms with Gasteiger partial charge in [-0.05, 0) is 31.2 Å². The SMILES string of the molecule is CC(=O)Nc1nc(C)c(-c2csc(Nc3ccc(C#N)cc3)n2)s1. The lowest BCUT2D eigenvalue weighted by molar-refractivity contribution is -0.114. The maximum Gasteiger partial charge on any atom is 0.223 e. The van der Waals surface area contributed by atoms with Gasteiger partial charge < -0.3 is 10.6 Å². The first-order valence-corrected chi connectivity index (χ1v) is 8.73. The van der Waals surface area contributed by atoms with E-state index in [1.54, 1.807) is 12.1 Å². The zero-order valence-corrected chi connectivity index (χ0v) is 14.6. The topological polar surface area (TPSA) is 90.7 Å². The lowest BCUT2D eigenvalue weighted by atomic mass is 10.2. The molecule has 3 aromatic rings. The quantitative estimate of drug-likeness (QED) is 0.734. The molecule has 0 aliphatic rings. The Morgan fingerprint density at radius 1 is 1.21 bits per heavy atom. The minimum absolute atomic E-state index is 0.142. The van der Waals surface area contributed by atoms with Crippen molar-refractivity contribution >= 4 is 44.5 Å². The highest BCUT2D eigenvalue weighted by atomic mass is 32.1. The molecule has 1 aromatic carbocycles. The Balaban J connectivity index is 1.79. The predicted octanol–water partition coefficient (Wildman–Crippen LogP) is 4.15. The summed E-state index contributed by atoms with van der Waals surface area (Å²) in [6.45, 7) is 3.35. The Bertz CT molecular complexity index is 921. The highest BCUT2D eigenvalue weighted by Gasteiger charge is 2.14. The van der Waals surface area contributed by atoms with Gasteiger partial charge in [-0.15, -0.1) is 11.3 Å². The van der Waals surface area contributed by atoms with E-state index in [0.29, 0.717) is 10.7 Å². The summed E-state index contributed by atoms with van der Waals surface area (Å²) in [5, 5.41) is 18.0. The second kappa shape index (κ2) is 6.78. The van der Waals surface area contributed by atoms with Crippen LogP contribution in [0.25, 0.3) is 10.6 Å². The zero-order valence-electron chi connectivity index (χ0n) is 13.0. The molecule has 0 fully saturated rings. The van der Waals surface area contributed by atoms with Gasteiger partial charge in [0.1, 0.15) is 0 Å². The van der Waals surface area contributed by atoms with Gasteiger partial charge in [-0.1, -0.05) is 11.3 Å². The van der Waals surface area contributed by atoms with E-state index in [2.05, 4.69) is 26.7 Å². The average Bonchev–Trinajstić information content (AvgIpc) is 3.14. The smallest absolute Gasteiger partial charge is 0.223 e. The van der Waals surface area contributed by atoms with Crippen LogP contribution in [0.4, 0.5) is 16.0 Å².